The van der Waals surface area contributed by atoms with Gasteiger partial charge in [-0.2, -0.15) is 0 Å². The minimum atomic E-state index is -0.323. The van der Waals surface area contributed by atoms with Crippen LogP contribution in [-0.4, -0.2) is 50.8 Å². The van der Waals surface area contributed by atoms with Crippen molar-refractivity contribution < 1.29 is 33.3 Å². The molecule has 0 spiro atoms. The minimum Gasteiger partial charge on any atom is -0.469 e. The zero-order chi connectivity index (χ0) is 28.9. The Balaban J connectivity index is 1.48. The van der Waals surface area contributed by atoms with Crippen LogP contribution in [0.15, 0.2) is 66.7 Å². The Labute approximate surface area is 244 Å². The van der Waals surface area contributed by atoms with Crippen molar-refractivity contribution in [2.24, 2.45) is 11.8 Å². The second-order valence-electron chi connectivity index (χ2n) is 11.0. The molecule has 1 heterocycles. The maximum atomic E-state index is 13.1. The van der Waals surface area contributed by atoms with E-state index in [4.69, 9.17) is 23.7 Å². The van der Waals surface area contributed by atoms with Gasteiger partial charge in [-0.3, -0.25) is 4.79 Å². The number of ether oxygens (including phenoxy) is 5. The largest absolute Gasteiger partial charge is 0.469 e. The molecule has 1 aliphatic carbocycles. The predicted molar refractivity (Wildman–Crippen MR) is 156 cm³/mol. The van der Waals surface area contributed by atoms with Crippen LogP contribution in [0.25, 0.3) is 0 Å². The summed E-state index contributed by atoms with van der Waals surface area (Å²) in [6.45, 7) is 3.78. The number of methoxy groups -OCH3 is 1. The van der Waals surface area contributed by atoms with Crippen LogP contribution in [0.1, 0.15) is 72.9 Å². The monoisotopic (exact) mass is 564 g/mol. The van der Waals surface area contributed by atoms with Crippen LogP contribution in [0, 0.1) is 18.8 Å². The number of esters is 2. The van der Waals surface area contributed by atoms with E-state index in [1.807, 2.05) is 24.3 Å². The Morgan fingerprint density at radius 2 is 1.85 bits per heavy atom. The molecule has 7 nitrogen and oxygen atoms in total. The first-order chi connectivity index (χ1) is 20.0. The van der Waals surface area contributed by atoms with Gasteiger partial charge in [0.2, 0.25) is 0 Å². The third-order valence-corrected chi connectivity index (χ3v) is 7.92. The molecule has 41 heavy (non-hydrogen) atoms. The molecule has 2 fully saturated rings. The Morgan fingerprint density at radius 1 is 1.00 bits per heavy atom. The van der Waals surface area contributed by atoms with Gasteiger partial charge < -0.3 is 23.7 Å². The summed E-state index contributed by atoms with van der Waals surface area (Å²) >= 11 is 0. The van der Waals surface area contributed by atoms with Crippen LogP contribution in [0.2, 0.25) is 0 Å². The normalized spacial score (nSPS) is 24.4. The molecule has 7 heteroatoms. The van der Waals surface area contributed by atoms with Crippen molar-refractivity contribution in [3.63, 3.8) is 0 Å². The number of rotatable bonds is 14. The van der Waals surface area contributed by atoms with E-state index in [9.17, 15) is 9.59 Å². The third-order valence-electron chi connectivity index (χ3n) is 7.92. The molecule has 1 saturated carbocycles. The average Bonchev–Trinajstić information content (AvgIpc) is 3.30. The molecular formula is C34H44O7. The average molecular weight is 565 g/mol. The van der Waals surface area contributed by atoms with Crippen molar-refractivity contribution >= 4 is 11.9 Å². The minimum absolute atomic E-state index is 0.0191. The van der Waals surface area contributed by atoms with Crippen LogP contribution in [0.5, 0.6) is 0 Å². The van der Waals surface area contributed by atoms with Gasteiger partial charge in [-0.1, -0.05) is 60.2 Å². The van der Waals surface area contributed by atoms with E-state index in [-0.39, 0.29) is 42.3 Å². The standard InChI is InChI=1S/C34H44O7/c1-25-13-12-14-26(21-25)23-38-24-29-28(17-8-3-4-9-18-32(35)37-2)30(41-34(36)27-15-6-5-7-16-27)22-31(29)40-33-19-10-11-20-39-33/h3,5-8,12-16,21,28-31,33H,4,9-11,17-20,22-24H2,1-2H3/b8-3-/t28-,29-,30+,31+,33?/m0/s1. The van der Waals surface area contributed by atoms with Crippen molar-refractivity contribution in [2.75, 3.05) is 20.3 Å². The molecule has 0 bridgehead atoms. The number of allylic oxidation sites excluding steroid dienone is 2. The van der Waals surface area contributed by atoms with Crippen LogP contribution >= 0.6 is 0 Å². The summed E-state index contributed by atoms with van der Waals surface area (Å²) in [4.78, 5) is 24.6. The fraction of sp³-hybridized carbons (Fsp3) is 0.529. The highest BCUT2D eigenvalue weighted by atomic mass is 16.7. The van der Waals surface area contributed by atoms with Gasteiger partial charge in [-0.25, -0.2) is 4.79 Å². The van der Waals surface area contributed by atoms with Gasteiger partial charge >= 0.3 is 11.9 Å². The topological polar surface area (TPSA) is 80.3 Å². The van der Waals surface area contributed by atoms with Gasteiger partial charge in [-0.15, -0.1) is 0 Å². The van der Waals surface area contributed by atoms with Gasteiger partial charge in [0.25, 0.3) is 0 Å². The summed E-state index contributed by atoms with van der Waals surface area (Å²) in [5.74, 6) is -0.473. The van der Waals surface area contributed by atoms with Gasteiger partial charge in [0.05, 0.1) is 32.0 Å². The molecule has 1 saturated heterocycles. The highest BCUT2D eigenvalue weighted by Gasteiger charge is 2.46. The lowest BCUT2D eigenvalue weighted by atomic mass is 9.90. The SMILES string of the molecule is COC(=O)CCC/C=C\C[C@H]1[C@H](COCc2cccc(C)c2)[C@H](OC2CCCCO2)C[C@H]1OC(=O)c1ccccc1. The highest BCUT2D eigenvalue weighted by Crippen LogP contribution is 2.41. The molecule has 0 radical (unpaired) electrons. The van der Waals surface area contributed by atoms with E-state index in [2.05, 4.69) is 37.3 Å². The quantitative estimate of drug-likeness (QED) is 0.146. The summed E-state index contributed by atoms with van der Waals surface area (Å²) < 4.78 is 29.7. The molecule has 222 valence electrons. The van der Waals surface area contributed by atoms with Crippen LogP contribution in [0.4, 0.5) is 0 Å². The first kappa shape index (κ1) is 30.9. The fourth-order valence-corrected chi connectivity index (χ4v) is 5.72. The molecular weight excluding hydrogens is 520 g/mol. The predicted octanol–water partition coefficient (Wildman–Crippen LogP) is 6.57. The zero-order valence-electron chi connectivity index (χ0n) is 24.4. The second-order valence-corrected chi connectivity index (χ2v) is 11.0. The lowest BCUT2D eigenvalue weighted by molar-refractivity contribution is -0.199. The fourth-order valence-electron chi connectivity index (χ4n) is 5.72. The molecule has 0 aromatic heterocycles. The maximum absolute atomic E-state index is 13.1. The number of hydrogen-bond acceptors (Lipinski definition) is 7. The first-order valence-electron chi connectivity index (χ1n) is 14.9. The number of carbonyl (C=O) groups excluding carboxylic acids is 2. The smallest absolute Gasteiger partial charge is 0.338 e. The van der Waals surface area contributed by atoms with Gasteiger partial charge in [-0.05, 0) is 63.1 Å². The van der Waals surface area contributed by atoms with Crippen molar-refractivity contribution in [2.45, 2.75) is 83.4 Å². The lowest BCUT2D eigenvalue weighted by Gasteiger charge is -2.30. The van der Waals surface area contributed by atoms with E-state index in [1.54, 1.807) is 12.1 Å². The molecule has 0 N–H and O–H groups in total. The highest BCUT2D eigenvalue weighted by molar-refractivity contribution is 5.89. The van der Waals surface area contributed by atoms with Crippen LogP contribution in [-0.2, 0) is 35.1 Å². The van der Waals surface area contributed by atoms with E-state index < -0.39 is 0 Å². The van der Waals surface area contributed by atoms with Crippen LogP contribution < -0.4 is 0 Å². The number of benzene rings is 2. The summed E-state index contributed by atoms with van der Waals surface area (Å²) in [6.07, 6.45) is 9.74. The Bertz CT molecular complexity index is 1110. The van der Waals surface area contributed by atoms with E-state index in [0.29, 0.717) is 38.2 Å². The van der Waals surface area contributed by atoms with Crippen molar-refractivity contribution in [1.29, 1.82) is 0 Å². The molecule has 1 aliphatic heterocycles. The first-order valence-corrected chi connectivity index (χ1v) is 14.9. The Hall–Kier alpha value is -3.00. The summed E-state index contributed by atoms with van der Waals surface area (Å²) in [5, 5.41) is 0. The summed E-state index contributed by atoms with van der Waals surface area (Å²) in [6, 6.07) is 17.5. The Kier molecular flexibility index (Phi) is 12.4. The number of carbonyl (C=O) groups is 2. The van der Waals surface area contributed by atoms with E-state index in [1.165, 1.54) is 12.7 Å². The Morgan fingerprint density at radius 3 is 2.61 bits per heavy atom. The number of aryl methyl sites for hydroxylation is 1. The second kappa shape index (κ2) is 16.4. The summed E-state index contributed by atoms with van der Waals surface area (Å²) in [7, 11) is 1.41. The zero-order valence-corrected chi connectivity index (χ0v) is 24.4. The van der Waals surface area contributed by atoms with Gasteiger partial charge in [0.1, 0.15) is 6.10 Å². The number of hydrogen-bond donors (Lipinski definition) is 0. The van der Waals surface area contributed by atoms with E-state index in [0.717, 1.165) is 44.1 Å². The van der Waals surface area contributed by atoms with Gasteiger partial charge in [0, 0.05) is 31.3 Å². The molecule has 1 unspecified atom stereocenters. The molecule has 2 aliphatic rings. The molecule has 2 aromatic rings. The molecule has 2 aromatic carbocycles. The lowest BCUT2D eigenvalue weighted by Crippen LogP contribution is -2.33. The number of unbranched alkanes of at least 4 members (excludes halogenated alkanes) is 1. The maximum Gasteiger partial charge on any atom is 0.338 e. The van der Waals surface area contributed by atoms with E-state index >= 15 is 0 Å². The van der Waals surface area contributed by atoms with Crippen LogP contribution in [0.3, 0.4) is 0 Å². The van der Waals surface area contributed by atoms with Crippen molar-refractivity contribution in [3.05, 3.63) is 83.4 Å². The molecule has 5 atom stereocenters. The van der Waals surface area contributed by atoms with Crippen molar-refractivity contribution in [3.8, 4) is 0 Å². The third kappa shape index (κ3) is 9.80. The molecule has 0 amide bonds. The van der Waals surface area contributed by atoms with Crippen molar-refractivity contribution in [1.82, 2.24) is 0 Å². The molecule has 4 rings (SSSR count). The van der Waals surface area contributed by atoms with Gasteiger partial charge in [0.15, 0.2) is 6.29 Å². The summed E-state index contributed by atoms with van der Waals surface area (Å²) in [5.41, 5.74) is 2.87.